The van der Waals surface area contributed by atoms with Crippen LogP contribution in [0.2, 0.25) is 0 Å². The Morgan fingerprint density at radius 2 is 1.82 bits per heavy atom. The molecule has 0 atom stereocenters. The number of ether oxygens (including phenoxy) is 1. The molecule has 2 aromatic carbocycles. The van der Waals surface area contributed by atoms with E-state index in [1.807, 2.05) is 48.5 Å². The minimum atomic E-state index is 0.513. The maximum Gasteiger partial charge on any atom is 0.135 e. The third-order valence-electron chi connectivity index (χ3n) is 2.49. The van der Waals surface area contributed by atoms with E-state index in [2.05, 4.69) is 12.8 Å². The lowest BCUT2D eigenvalue weighted by atomic mass is 10.1. The molecule has 0 amide bonds. The van der Waals surface area contributed by atoms with E-state index in [4.69, 9.17) is 11.2 Å². The van der Waals surface area contributed by atoms with Gasteiger partial charge < -0.3 is 4.74 Å². The minimum absolute atomic E-state index is 0.513. The Balaban J connectivity index is 2.15. The van der Waals surface area contributed by atoms with Gasteiger partial charge in [-0.05, 0) is 24.1 Å². The summed E-state index contributed by atoms with van der Waals surface area (Å²) in [6.45, 7) is 4.40. The van der Waals surface area contributed by atoms with Crippen LogP contribution in [-0.2, 0) is 6.61 Å². The van der Waals surface area contributed by atoms with E-state index in [0.717, 1.165) is 16.7 Å². The highest BCUT2D eigenvalue weighted by atomic mass is 16.5. The molecule has 0 aromatic heterocycles. The van der Waals surface area contributed by atoms with Crippen molar-refractivity contribution in [1.29, 1.82) is 0 Å². The quantitative estimate of drug-likeness (QED) is 0.721. The van der Waals surface area contributed by atoms with Crippen LogP contribution in [0, 0.1) is 19.3 Å². The molecule has 1 nitrogen and oxygen atoms in total. The smallest absolute Gasteiger partial charge is 0.135 e. The second-order valence-electron chi connectivity index (χ2n) is 3.71. The molecule has 0 spiro atoms. The van der Waals surface area contributed by atoms with Crippen LogP contribution >= 0.6 is 0 Å². The molecule has 0 N–H and O–H groups in total. The third kappa shape index (κ3) is 2.68. The average Bonchev–Trinajstić information content (AvgIpc) is 2.37. The number of hydrogen-bond donors (Lipinski definition) is 0. The molecule has 83 valence electrons. The zero-order valence-electron chi connectivity index (χ0n) is 9.52. The van der Waals surface area contributed by atoms with Gasteiger partial charge in [0.15, 0.2) is 0 Å². The summed E-state index contributed by atoms with van der Waals surface area (Å²) in [7, 11) is 0. The molecule has 2 rings (SSSR count). The van der Waals surface area contributed by atoms with Gasteiger partial charge in [0.2, 0.25) is 0 Å². The Kier molecular flexibility index (Phi) is 3.47. The fraction of sp³-hybridized carbons (Fsp3) is 0.0625. The molecule has 0 fully saturated rings. The van der Waals surface area contributed by atoms with Crippen molar-refractivity contribution in [1.82, 2.24) is 0 Å². The van der Waals surface area contributed by atoms with Crippen molar-refractivity contribution in [2.24, 2.45) is 0 Å². The van der Waals surface area contributed by atoms with Gasteiger partial charge in [-0.1, -0.05) is 48.4 Å². The molecule has 0 heterocycles. The molecule has 1 radical (unpaired) electrons. The van der Waals surface area contributed by atoms with Crippen molar-refractivity contribution in [3.8, 4) is 18.1 Å². The van der Waals surface area contributed by atoms with E-state index >= 15 is 0 Å². The first-order chi connectivity index (χ1) is 8.31. The molecule has 1 heteroatoms. The van der Waals surface area contributed by atoms with Gasteiger partial charge in [-0.25, -0.2) is 0 Å². The summed E-state index contributed by atoms with van der Waals surface area (Å²) >= 11 is 0. The lowest BCUT2D eigenvalue weighted by Gasteiger charge is -2.09. The third-order valence-corrected chi connectivity index (χ3v) is 2.49. The predicted octanol–water partition coefficient (Wildman–Crippen LogP) is 3.43. The zero-order chi connectivity index (χ0) is 12.1. The van der Waals surface area contributed by atoms with Gasteiger partial charge in [0.05, 0.1) is 5.56 Å². The zero-order valence-corrected chi connectivity index (χ0v) is 9.52. The molecule has 0 aliphatic rings. The standard InChI is InChI=1S/C16H13O/c1-3-15-13(2)8-7-11-16(15)17-12-14-9-5-4-6-10-14/h1,4-11H,2,12H2. The van der Waals surface area contributed by atoms with E-state index in [9.17, 15) is 0 Å². The van der Waals surface area contributed by atoms with Crippen LogP contribution in [0.1, 0.15) is 16.7 Å². The van der Waals surface area contributed by atoms with E-state index in [-0.39, 0.29) is 0 Å². The molecule has 2 aromatic rings. The lowest BCUT2D eigenvalue weighted by Crippen LogP contribution is -1.98. The number of benzene rings is 2. The molecular weight excluding hydrogens is 208 g/mol. The van der Waals surface area contributed by atoms with Crippen molar-refractivity contribution in [2.75, 3.05) is 0 Å². The summed E-state index contributed by atoms with van der Waals surface area (Å²) < 4.78 is 5.71. The fourth-order valence-corrected chi connectivity index (χ4v) is 1.60. The first kappa shape index (κ1) is 11.3. The van der Waals surface area contributed by atoms with Crippen LogP contribution in [0.15, 0.2) is 48.5 Å². The second kappa shape index (κ2) is 5.23. The van der Waals surface area contributed by atoms with Gasteiger partial charge in [0, 0.05) is 0 Å². The largest absolute Gasteiger partial charge is 0.488 e. The van der Waals surface area contributed by atoms with Crippen molar-refractivity contribution < 1.29 is 4.74 Å². The average molecular weight is 221 g/mol. The van der Waals surface area contributed by atoms with Crippen LogP contribution in [0.4, 0.5) is 0 Å². The molecule has 0 saturated carbocycles. The fourth-order valence-electron chi connectivity index (χ4n) is 1.60. The van der Waals surface area contributed by atoms with Gasteiger partial charge >= 0.3 is 0 Å². The molecule has 0 aliphatic carbocycles. The number of terminal acetylenes is 1. The first-order valence-corrected chi connectivity index (χ1v) is 5.39. The molecule has 0 bridgehead atoms. The molecule has 0 unspecified atom stereocenters. The predicted molar refractivity (Wildman–Crippen MR) is 69.6 cm³/mol. The normalized spacial score (nSPS) is 9.65. The van der Waals surface area contributed by atoms with Crippen molar-refractivity contribution in [3.63, 3.8) is 0 Å². The Bertz CT molecular complexity index is 535. The number of hydrogen-bond acceptors (Lipinski definition) is 1. The summed E-state index contributed by atoms with van der Waals surface area (Å²) in [4.78, 5) is 0. The Morgan fingerprint density at radius 3 is 2.53 bits per heavy atom. The topological polar surface area (TPSA) is 9.23 Å². The van der Waals surface area contributed by atoms with Crippen LogP contribution in [0.25, 0.3) is 0 Å². The van der Waals surface area contributed by atoms with Gasteiger partial charge in [0.25, 0.3) is 0 Å². The molecule has 17 heavy (non-hydrogen) atoms. The van der Waals surface area contributed by atoms with Crippen LogP contribution in [0.5, 0.6) is 5.75 Å². The summed E-state index contributed by atoms with van der Waals surface area (Å²) in [6.07, 6.45) is 5.45. The van der Waals surface area contributed by atoms with Crippen LogP contribution in [0.3, 0.4) is 0 Å². The SMILES string of the molecule is C#Cc1c([CH2])cccc1OCc1ccccc1. The maximum absolute atomic E-state index is 5.71. The second-order valence-corrected chi connectivity index (χ2v) is 3.71. The minimum Gasteiger partial charge on any atom is -0.488 e. The Labute approximate surface area is 102 Å². The van der Waals surface area contributed by atoms with Crippen molar-refractivity contribution in [2.45, 2.75) is 6.61 Å². The summed E-state index contributed by atoms with van der Waals surface area (Å²) in [5.41, 5.74) is 2.66. The summed E-state index contributed by atoms with van der Waals surface area (Å²) in [5, 5.41) is 0. The van der Waals surface area contributed by atoms with E-state index in [0.29, 0.717) is 12.4 Å². The first-order valence-electron chi connectivity index (χ1n) is 5.39. The lowest BCUT2D eigenvalue weighted by molar-refractivity contribution is 0.305. The Hall–Kier alpha value is -2.20. The van der Waals surface area contributed by atoms with Gasteiger partial charge in [-0.15, -0.1) is 6.42 Å². The van der Waals surface area contributed by atoms with E-state index in [1.165, 1.54) is 0 Å². The van der Waals surface area contributed by atoms with E-state index in [1.54, 1.807) is 0 Å². The maximum atomic E-state index is 5.71. The highest BCUT2D eigenvalue weighted by Crippen LogP contribution is 2.21. The van der Waals surface area contributed by atoms with Crippen LogP contribution < -0.4 is 4.74 Å². The molecule has 0 saturated heterocycles. The van der Waals surface area contributed by atoms with Crippen molar-refractivity contribution in [3.05, 3.63) is 72.1 Å². The van der Waals surface area contributed by atoms with Gasteiger partial charge in [-0.3, -0.25) is 0 Å². The summed E-state index contributed by atoms with van der Waals surface area (Å²) in [6, 6.07) is 15.6. The van der Waals surface area contributed by atoms with Gasteiger partial charge in [0.1, 0.15) is 12.4 Å². The van der Waals surface area contributed by atoms with Gasteiger partial charge in [-0.2, -0.15) is 0 Å². The Morgan fingerprint density at radius 1 is 1.06 bits per heavy atom. The van der Waals surface area contributed by atoms with Crippen molar-refractivity contribution >= 4 is 0 Å². The molecular formula is C16H13O. The van der Waals surface area contributed by atoms with E-state index < -0.39 is 0 Å². The number of rotatable bonds is 3. The monoisotopic (exact) mass is 221 g/mol. The highest BCUT2D eigenvalue weighted by Gasteiger charge is 2.04. The highest BCUT2D eigenvalue weighted by molar-refractivity contribution is 5.51. The summed E-state index contributed by atoms with van der Waals surface area (Å²) in [5.74, 6) is 3.32. The van der Waals surface area contributed by atoms with Crippen LogP contribution in [-0.4, -0.2) is 0 Å². The molecule has 0 aliphatic heterocycles.